The number of hydrogen-bond acceptors (Lipinski definition) is 5. The summed E-state index contributed by atoms with van der Waals surface area (Å²) in [7, 11) is 0. The zero-order valence-electron chi connectivity index (χ0n) is 5.27. The number of hydroxylamine groups is 2. The van der Waals surface area contributed by atoms with E-state index in [1.165, 1.54) is 11.0 Å². The third-order valence-electron chi connectivity index (χ3n) is 1.23. The molecule has 7 nitrogen and oxygen atoms in total. The monoisotopic (exact) mass is 162 g/mol. The SMILES string of the molecule is O=C(NO)C1OC1C(=O)NO. The summed E-state index contributed by atoms with van der Waals surface area (Å²) in [6.45, 7) is 0. The second-order valence-corrected chi connectivity index (χ2v) is 1.93. The van der Waals surface area contributed by atoms with Gasteiger partial charge in [-0.1, -0.05) is 0 Å². The molecule has 0 aliphatic carbocycles. The molecule has 0 spiro atoms. The molecule has 4 N–H and O–H groups in total. The number of epoxide rings is 1. The van der Waals surface area contributed by atoms with Crippen LogP contribution in [0.25, 0.3) is 0 Å². The minimum atomic E-state index is -0.993. The van der Waals surface area contributed by atoms with E-state index in [9.17, 15) is 9.59 Å². The van der Waals surface area contributed by atoms with Crippen LogP contribution in [0.2, 0.25) is 0 Å². The molecule has 1 rings (SSSR count). The van der Waals surface area contributed by atoms with E-state index >= 15 is 0 Å². The number of carbonyl (C=O) groups excluding carboxylic acids is 2. The molecule has 7 heteroatoms. The van der Waals surface area contributed by atoms with Crippen molar-refractivity contribution in [2.75, 3.05) is 0 Å². The van der Waals surface area contributed by atoms with Gasteiger partial charge in [0.15, 0.2) is 12.2 Å². The highest BCUT2D eigenvalue weighted by molar-refractivity contribution is 5.93. The summed E-state index contributed by atoms with van der Waals surface area (Å²) >= 11 is 0. The Morgan fingerprint density at radius 1 is 1.09 bits per heavy atom. The summed E-state index contributed by atoms with van der Waals surface area (Å²) in [5.41, 5.74) is 2.62. The fourth-order valence-electron chi connectivity index (χ4n) is 0.638. The van der Waals surface area contributed by atoms with Crippen molar-refractivity contribution in [2.24, 2.45) is 0 Å². The van der Waals surface area contributed by atoms with Crippen LogP contribution in [-0.2, 0) is 14.3 Å². The minimum Gasteiger partial charge on any atom is -0.348 e. The Morgan fingerprint density at radius 2 is 1.45 bits per heavy atom. The van der Waals surface area contributed by atoms with Crippen LogP contribution in [0.5, 0.6) is 0 Å². The van der Waals surface area contributed by atoms with Crippen molar-refractivity contribution in [2.45, 2.75) is 12.2 Å². The van der Waals surface area contributed by atoms with Crippen LogP contribution >= 0.6 is 0 Å². The molecule has 0 aromatic carbocycles. The van der Waals surface area contributed by atoms with Crippen LogP contribution in [0.15, 0.2) is 0 Å². The van der Waals surface area contributed by atoms with Gasteiger partial charge >= 0.3 is 0 Å². The molecule has 2 unspecified atom stereocenters. The molecule has 11 heavy (non-hydrogen) atoms. The van der Waals surface area contributed by atoms with Crippen LogP contribution in [0, 0.1) is 0 Å². The highest BCUT2D eigenvalue weighted by Crippen LogP contribution is 2.21. The quantitative estimate of drug-likeness (QED) is 0.208. The van der Waals surface area contributed by atoms with E-state index in [1.54, 1.807) is 0 Å². The molecule has 0 aromatic heterocycles. The summed E-state index contributed by atoms with van der Waals surface area (Å²) < 4.78 is 4.48. The van der Waals surface area contributed by atoms with Gasteiger partial charge in [-0.15, -0.1) is 0 Å². The zero-order valence-corrected chi connectivity index (χ0v) is 5.27. The summed E-state index contributed by atoms with van der Waals surface area (Å²) in [6, 6.07) is 0. The van der Waals surface area contributed by atoms with Crippen molar-refractivity contribution in [1.29, 1.82) is 0 Å². The van der Waals surface area contributed by atoms with Crippen LogP contribution in [-0.4, -0.2) is 34.4 Å². The number of carbonyl (C=O) groups is 2. The molecule has 2 atom stereocenters. The Bertz CT molecular complexity index is 173. The predicted octanol–water partition coefficient (Wildman–Crippen LogP) is -2.24. The Labute approximate surface area is 60.9 Å². The van der Waals surface area contributed by atoms with Gasteiger partial charge < -0.3 is 4.74 Å². The van der Waals surface area contributed by atoms with Gasteiger partial charge in [0.25, 0.3) is 11.8 Å². The summed E-state index contributed by atoms with van der Waals surface area (Å²) in [5, 5.41) is 16.1. The normalized spacial score (nSPS) is 27.5. The highest BCUT2D eigenvalue weighted by Gasteiger charge is 2.50. The number of amides is 2. The molecule has 2 amide bonds. The van der Waals surface area contributed by atoms with Crippen molar-refractivity contribution in [3.8, 4) is 0 Å². The maximum atomic E-state index is 10.5. The molecule has 0 aromatic rings. The van der Waals surface area contributed by atoms with Crippen LogP contribution in [0.3, 0.4) is 0 Å². The number of nitrogens with one attached hydrogen (secondary N) is 2. The predicted molar refractivity (Wildman–Crippen MR) is 28.5 cm³/mol. The second kappa shape index (κ2) is 2.82. The van der Waals surface area contributed by atoms with Crippen molar-refractivity contribution in [3.05, 3.63) is 0 Å². The fraction of sp³-hybridized carbons (Fsp3) is 0.500. The first kappa shape index (κ1) is 7.92. The van der Waals surface area contributed by atoms with E-state index in [2.05, 4.69) is 4.74 Å². The first-order valence-electron chi connectivity index (χ1n) is 2.74. The number of hydrogen-bond donors (Lipinski definition) is 4. The fourth-order valence-corrected chi connectivity index (χ4v) is 0.638. The first-order valence-corrected chi connectivity index (χ1v) is 2.74. The van der Waals surface area contributed by atoms with E-state index < -0.39 is 24.0 Å². The number of ether oxygens (including phenoxy) is 1. The van der Waals surface area contributed by atoms with E-state index in [0.717, 1.165) is 0 Å². The van der Waals surface area contributed by atoms with E-state index in [1.807, 2.05) is 0 Å². The topological polar surface area (TPSA) is 111 Å². The van der Waals surface area contributed by atoms with Crippen molar-refractivity contribution < 1.29 is 24.7 Å². The van der Waals surface area contributed by atoms with E-state index in [4.69, 9.17) is 10.4 Å². The third kappa shape index (κ3) is 1.45. The van der Waals surface area contributed by atoms with Gasteiger partial charge in [-0.2, -0.15) is 0 Å². The van der Waals surface area contributed by atoms with Gasteiger partial charge in [-0.25, -0.2) is 11.0 Å². The van der Waals surface area contributed by atoms with Gasteiger partial charge in [-0.3, -0.25) is 20.0 Å². The molecular formula is C4H6N2O5. The molecule has 1 fully saturated rings. The lowest BCUT2D eigenvalue weighted by Gasteiger charge is -1.91. The maximum Gasteiger partial charge on any atom is 0.275 e. The molecular weight excluding hydrogens is 156 g/mol. The molecule has 0 bridgehead atoms. The molecule has 1 aliphatic rings. The van der Waals surface area contributed by atoms with Crippen LogP contribution < -0.4 is 11.0 Å². The van der Waals surface area contributed by atoms with Crippen molar-refractivity contribution >= 4 is 11.8 Å². The Balaban J connectivity index is 2.37. The molecule has 0 radical (unpaired) electrons. The summed E-state index contributed by atoms with van der Waals surface area (Å²) in [6.07, 6.45) is -1.99. The molecule has 1 heterocycles. The van der Waals surface area contributed by atoms with Crippen molar-refractivity contribution in [3.63, 3.8) is 0 Å². The standard InChI is InChI=1S/C4H6N2O5/c7-3(5-9)1-2(11-1)4(8)6-10/h1-2,9-10H,(H,5,7)(H,6,8). The van der Waals surface area contributed by atoms with Crippen molar-refractivity contribution in [1.82, 2.24) is 11.0 Å². The highest BCUT2D eigenvalue weighted by atomic mass is 16.6. The molecule has 0 saturated carbocycles. The number of rotatable bonds is 2. The van der Waals surface area contributed by atoms with Gasteiger partial charge in [0.2, 0.25) is 0 Å². The maximum absolute atomic E-state index is 10.5. The lowest BCUT2D eigenvalue weighted by Crippen LogP contribution is -2.31. The van der Waals surface area contributed by atoms with Crippen LogP contribution in [0.4, 0.5) is 0 Å². The second-order valence-electron chi connectivity index (χ2n) is 1.93. The lowest BCUT2D eigenvalue weighted by molar-refractivity contribution is -0.132. The lowest BCUT2D eigenvalue weighted by atomic mass is 10.3. The largest absolute Gasteiger partial charge is 0.348 e. The Kier molecular flexibility index (Phi) is 2.03. The molecule has 62 valence electrons. The van der Waals surface area contributed by atoms with Gasteiger partial charge in [0.1, 0.15) is 0 Å². The summed E-state index contributed by atoms with van der Waals surface area (Å²) in [5.74, 6) is -1.61. The zero-order chi connectivity index (χ0) is 8.43. The van der Waals surface area contributed by atoms with Crippen LogP contribution in [0.1, 0.15) is 0 Å². The Morgan fingerprint density at radius 3 is 1.73 bits per heavy atom. The minimum absolute atomic E-state index is 0.807. The van der Waals surface area contributed by atoms with Gasteiger partial charge in [0, 0.05) is 0 Å². The average Bonchev–Trinajstić information content (AvgIpc) is 2.80. The average molecular weight is 162 g/mol. The first-order chi connectivity index (χ1) is 5.20. The smallest absolute Gasteiger partial charge is 0.275 e. The van der Waals surface area contributed by atoms with Gasteiger partial charge in [0.05, 0.1) is 0 Å². The molecule has 1 aliphatic heterocycles. The van der Waals surface area contributed by atoms with E-state index in [0.29, 0.717) is 0 Å². The molecule has 1 saturated heterocycles. The Hall–Kier alpha value is -1.18. The third-order valence-corrected chi connectivity index (χ3v) is 1.23. The van der Waals surface area contributed by atoms with Gasteiger partial charge in [-0.05, 0) is 0 Å². The summed E-state index contributed by atoms with van der Waals surface area (Å²) in [4.78, 5) is 20.9. The van der Waals surface area contributed by atoms with E-state index in [-0.39, 0.29) is 0 Å².